The lowest BCUT2D eigenvalue weighted by Gasteiger charge is -2.27. The summed E-state index contributed by atoms with van der Waals surface area (Å²) in [6.07, 6.45) is 3.91. The van der Waals surface area contributed by atoms with Gasteiger partial charge >= 0.3 is 0 Å². The van der Waals surface area contributed by atoms with Gasteiger partial charge in [-0.15, -0.1) is 0 Å². The molecule has 0 saturated carbocycles. The molecule has 2 unspecified atom stereocenters. The predicted octanol–water partition coefficient (Wildman–Crippen LogP) is 1.51. The summed E-state index contributed by atoms with van der Waals surface area (Å²) in [5.41, 5.74) is 0.724. The van der Waals surface area contributed by atoms with Crippen LogP contribution in [-0.4, -0.2) is 34.7 Å². The maximum Gasteiger partial charge on any atom is 0.162 e. The van der Waals surface area contributed by atoms with Crippen molar-refractivity contribution in [3.05, 3.63) is 11.9 Å². The molecular weight excluding hydrogens is 220 g/mol. The molecular formula is C12H20N2O3. The van der Waals surface area contributed by atoms with Crippen LogP contribution in [0, 0.1) is 0 Å². The highest BCUT2D eigenvalue weighted by atomic mass is 16.5. The number of nitrogens with zero attached hydrogens (tertiary/aromatic N) is 2. The normalized spacial score (nSPS) is 22.4. The number of rotatable bonds is 4. The first-order chi connectivity index (χ1) is 8.27. The van der Waals surface area contributed by atoms with Crippen LogP contribution in [0.5, 0.6) is 5.75 Å². The SMILES string of the molecule is CCn1ncc(OC)c1C(O)C1CCCCO1. The van der Waals surface area contributed by atoms with Crippen molar-refractivity contribution in [1.82, 2.24) is 9.78 Å². The summed E-state index contributed by atoms with van der Waals surface area (Å²) in [5.74, 6) is 0.633. The second-order valence-electron chi connectivity index (χ2n) is 4.26. The molecule has 1 aliphatic rings. The summed E-state index contributed by atoms with van der Waals surface area (Å²) >= 11 is 0. The average Bonchev–Trinajstić information content (AvgIpc) is 2.81. The smallest absolute Gasteiger partial charge is 0.162 e. The van der Waals surface area contributed by atoms with E-state index in [1.807, 2.05) is 6.92 Å². The third-order valence-corrected chi connectivity index (χ3v) is 3.21. The van der Waals surface area contributed by atoms with E-state index in [4.69, 9.17) is 9.47 Å². The lowest BCUT2D eigenvalue weighted by molar-refractivity contribution is -0.0668. The largest absolute Gasteiger partial charge is 0.493 e. The summed E-state index contributed by atoms with van der Waals surface area (Å²) in [6, 6.07) is 0. The fourth-order valence-corrected chi connectivity index (χ4v) is 2.28. The molecule has 1 aromatic rings. The molecule has 0 aromatic carbocycles. The number of aliphatic hydroxyl groups is 1. The Bertz CT molecular complexity index is 337. The highest BCUT2D eigenvalue weighted by molar-refractivity contribution is 5.28. The molecule has 5 heteroatoms. The molecule has 0 amide bonds. The molecule has 0 radical (unpaired) electrons. The van der Waals surface area contributed by atoms with Gasteiger partial charge < -0.3 is 14.6 Å². The van der Waals surface area contributed by atoms with Crippen molar-refractivity contribution in [2.45, 2.75) is 44.9 Å². The van der Waals surface area contributed by atoms with Crippen LogP contribution in [0.25, 0.3) is 0 Å². The molecule has 1 aliphatic heterocycles. The Hall–Kier alpha value is -1.07. The van der Waals surface area contributed by atoms with Gasteiger partial charge in [-0.05, 0) is 26.2 Å². The third-order valence-electron chi connectivity index (χ3n) is 3.21. The maximum atomic E-state index is 10.4. The van der Waals surface area contributed by atoms with Crippen molar-refractivity contribution in [2.24, 2.45) is 0 Å². The molecule has 0 bridgehead atoms. The summed E-state index contributed by atoms with van der Waals surface area (Å²) in [6.45, 7) is 3.43. The van der Waals surface area contributed by atoms with Crippen LogP contribution in [0.1, 0.15) is 38.0 Å². The van der Waals surface area contributed by atoms with Crippen molar-refractivity contribution in [3.63, 3.8) is 0 Å². The number of ether oxygens (including phenoxy) is 2. The Balaban J connectivity index is 2.21. The number of hydrogen-bond acceptors (Lipinski definition) is 4. The van der Waals surface area contributed by atoms with E-state index in [2.05, 4.69) is 5.10 Å². The zero-order valence-electron chi connectivity index (χ0n) is 10.4. The van der Waals surface area contributed by atoms with E-state index in [0.717, 1.165) is 31.6 Å². The molecule has 2 heterocycles. The van der Waals surface area contributed by atoms with Gasteiger partial charge in [-0.3, -0.25) is 4.68 Å². The second kappa shape index (κ2) is 5.51. The highest BCUT2D eigenvalue weighted by Gasteiger charge is 2.29. The van der Waals surface area contributed by atoms with Crippen LogP contribution < -0.4 is 4.74 Å². The fraction of sp³-hybridized carbons (Fsp3) is 0.750. The Morgan fingerprint density at radius 1 is 1.65 bits per heavy atom. The van der Waals surface area contributed by atoms with E-state index < -0.39 is 6.10 Å². The van der Waals surface area contributed by atoms with Gasteiger partial charge in [-0.2, -0.15) is 5.10 Å². The van der Waals surface area contributed by atoms with Crippen molar-refractivity contribution in [1.29, 1.82) is 0 Å². The zero-order valence-corrected chi connectivity index (χ0v) is 10.4. The van der Waals surface area contributed by atoms with Gasteiger partial charge in [0.25, 0.3) is 0 Å². The first-order valence-corrected chi connectivity index (χ1v) is 6.17. The molecule has 96 valence electrons. The van der Waals surface area contributed by atoms with E-state index in [0.29, 0.717) is 12.3 Å². The molecule has 0 aliphatic carbocycles. The topological polar surface area (TPSA) is 56.5 Å². The summed E-state index contributed by atoms with van der Waals surface area (Å²) in [5, 5.41) is 14.6. The maximum absolute atomic E-state index is 10.4. The average molecular weight is 240 g/mol. The van der Waals surface area contributed by atoms with Crippen LogP contribution in [-0.2, 0) is 11.3 Å². The molecule has 5 nitrogen and oxygen atoms in total. The van der Waals surface area contributed by atoms with Gasteiger partial charge in [0.2, 0.25) is 0 Å². The van der Waals surface area contributed by atoms with E-state index >= 15 is 0 Å². The van der Waals surface area contributed by atoms with Crippen LogP contribution in [0.15, 0.2) is 6.20 Å². The second-order valence-corrected chi connectivity index (χ2v) is 4.26. The highest BCUT2D eigenvalue weighted by Crippen LogP contribution is 2.31. The third kappa shape index (κ3) is 2.45. The van der Waals surface area contributed by atoms with Gasteiger partial charge in [0.1, 0.15) is 11.8 Å². The number of methoxy groups -OCH3 is 1. The van der Waals surface area contributed by atoms with Crippen molar-refractivity contribution < 1.29 is 14.6 Å². The predicted molar refractivity (Wildman–Crippen MR) is 63.0 cm³/mol. The number of aromatic nitrogens is 2. The Labute approximate surface area is 101 Å². The standard InChI is InChI=1S/C12H20N2O3/c1-3-14-11(10(16-2)8-13-14)12(15)9-6-4-5-7-17-9/h8-9,12,15H,3-7H2,1-2H3. The Morgan fingerprint density at radius 2 is 2.47 bits per heavy atom. The monoisotopic (exact) mass is 240 g/mol. The first-order valence-electron chi connectivity index (χ1n) is 6.17. The summed E-state index contributed by atoms with van der Waals surface area (Å²) in [4.78, 5) is 0. The van der Waals surface area contributed by atoms with E-state index in [1.54, 1.807) is 18.0 Å². The number of aliphatic hydroxyl groups excluding tert-OH is 1. The van der Waals surface area contributed by atoms with Crippen LogP contribution in [0.4, 0.5) is 0 Å². The molecule has 2 rings (SSSR count). The van der Waals surface area contributed by atoms with Gasteiger partial charge in [-0.25, -0.2) is 0 Å². The summed E-state index contributed by atoms with van der Waals surface area (Å²) < 4.78 is 12.6. The van der Waals surface area contributed by atoms with Crippen LogP contribution in [0.2, 0.25) is 0 Å². The lowest BCUT2D eigenvalue weighted by Crippen LogP contribution is -2.28. The van der Waals surface area contributed by atoms with Crippen molar-refractivity contribution in [3.8, 4) is 5.75 Å². The molecule has 1 N–H and O–H groups in total. The Morgan fingerprint density at radius 3 is 3.06 bits per heavy atom. The van der Waals surface area contributed by atoms with E-state index in [-0.39, 0.29) is 6.10 Å². The van der Waals surface area contributed by atoms with E-state index in [1.165, 1.54) is 0 Å². The summed E-state index contributed by atoms with van der Waals surface area (Å²) in [7, 11) is 1.59. The van der Waals surface area contributed by atoms with Gasteiger partial charge in [0.05, 0.1) is 19.4 Å². The lowest BCUT2D eigenvalue weighted by atomic mass is 10.0. The molecule has 0 spiro atoms. The number of hydrogen-bond donors (Lipinski definition) is 1. The van der Waals surface area contributed by atoms with Crippen molar-refractivity contribution >= 4 is 0 Å². The molecule has 1 fully saturated rings. The minimum Gasteiger partial charge on any atom is -0.493 e. The minimum atomic E-state index is -0.660. The Kier molecular flexibility index (Phi) is 4.02. The molecule has 17 heavy (non-hydrogen) atoms. The van der Waals surface area contributed by atoms with Gasteiger partial charge in [0.15, 0.2) is 5.75 Å². The fourth-order valence-electron chi connectivity index (χ4n) is 2.28. The zero-order chi connectivity index (χ0) is 12.3. The molecule has 1 aromatic heterocycles. The molecule has 2 atom stereocenters. The molecule has 1 saturated heterocycles. The number of aryl methyl sites for hydroxylation is 1. The van der Waals surface area contributed by atoms with Gasteiger partial charge in [-0.1, -0.05) is 0 Å². The van der Waals surface area contributed by atoms with Crippen LogP contribution in [0.3, 0.4) is 0 Å². The quantitative estimate of drug-likeness (QED) is 0.866. The minimum absolute atomic E-state index is 0.139. The van der Waals surface area contributed by atoms with Crippen LogP contribution >= 0.6 is 0 Å². The van der Waals surface area contributed by atoms with Gasteiger partial charge in [0, 0.05) is 13.2 Å². The van der Waals surface area contributed by atoms with Crippen molar-refractivity contribution in [2.75, 3.05) is 13.7 Å². The first kappa shape index (κ1) is 12.4. The van der Waals surface area contributed by atoms with E-state index in [9.17, 15) is 5.11 Å².